The van der Waals surface area contributed by atoms with Gasteiger partial charge in [0.05, 0.1) is 25.8 Å². The summed E-state index contributed by atoms with van der Waals surface area (Å²) in [5, 5.41) is 3.84. The second-order valence-corrected chi connectivity index (χ2v) is 6.47. The molecule has 2 aromatic rings. The molecule has 27 heavy (non-hydrogen) atoms. The molecule has 1 amide bonds. The molecule has 144 valence electrons. The first-order chi connectivity index (χ1) is 12.9. The number of nitrogens with zero attached hydrogens (tertiary/aromatic N) is 2. The third-order valence-electron chi connectivity index (χ3n) is 4.70. The van der Waals surface area contributed by atoms with E-state index < -0.39 is 23.9 Å². The SMILES string of the molecule is COC(=O)C1CC(Oc2ccccc2F)CN1C(=O)Cc1c(C)noc1C. The summed E-state index contributed by atoms with van der Waals surface area (Å²) < 4.78 is 29.4. The number of carbonyl (C=O) groups is 2. The molecular formula is C19H21FN2O5. The fraction of sp³-hybridized carbons (Fsp3) is 0.421. The number of aryl methyl sites for hydroxylation is 2. The standard InChI is InChI=1S/C19H21FN2O5/c1-11-14(12(2)27-21-11)9-18(23)22-10-13(8-16(22)19(24)25-3)26-17-7-5-4-6-15(17)20/h4-7,13,16H,8-10H2,1-3H3. The van der Waals surface area contributed by atoms with Crippen LogP contribution in [0.25, 0.3) is 0 Å². The molecule has 1 aliphatic heterocycles. The Bertz CT molecular complexity index is 831. The monoisotopic (exact) mass is 376 g/mol. The van der Waals surface area contributed by atoms with E-state index in [4.69, 9.17) is 14.0 Å². The summed E-state index contributed by atoms with van der Waals surface area (Å²) >= 11 is 0. The molecule has 0 saturated carbocycles. The van der Waals surface area contributed by atoms with Crippen molar-refractivity contribution in [1.29, 1.82) is 0 Å². The van der Waals surface area contributed by atoms with Gasteiger partial charge in [0.15, 0.2) is 11.6 Å². The molecule has 1 aliphatic rings. The molecular weight excluding hydrogens is 355 g/mol. The molecule has 2 unspecified atom stereocenters. The molecule has 0 aliphatic carbocycles. The highest BCUT2D eigenvalue weighted by Gasteiger charge is 2.41. The average Bonchev–Trinajstić information content (AvgIpc) is 3.21. The Kier molecular flexibility index (Phi) is 5.43. The van der Waals surface area contributed by atoms with Crippen LogP contribution >= 0.6 is 0 Å². The van der Waals surface area contributed by atoms with E-state index in [0.29, 0.717) is 17.0 Å². The molecule has 2 atom stereocenters. The van der Waals surface area contributed by atoms with Crippen LogP contribution in [0.2, 0.25) is 0 Å². The summed E-state index contributed by atoms with van der Waals surface area (Å²) in [6.07, 6.45) is -0.227. The van der Waals surface area contributed by atoms with Gasteiger partial charge in [-0.15, -0.1) is 0 Å². The maximum Gasteiger partial charge on any atom is 0.328 e. The summed E-state index contributed by atoms with van der Waals surface area (Å²) in [6.45, 7) is 3.65. The van der Waals surface area contributed by atoms with Gasteiger partial charge in [-0.2, -0.15) is 0 Å². The number of esters is 1. The molecule has 0 N–H and O–H groups in total. The molecule has 0 bridgehead atoms. The lowest BCUT2D eigenvalue weighted by Crippen LogP contribution is -2.42. The number of halogens is 1. The van der Waals surface area contributed by atoms with E-state index in [1.165, 1.54) is 24.1 Å². The van der Waals surface area contributed by atoms with Crippen molar-refractivity contribution >= 4 is 11.9 Å². The highest BCUT2D eigenvalue weighted by molar-refractivity contribution is 5.86. The van der Waals surface area contributed by atoms with Crippen LogP contribution in [0.3, 0.4) is 0 Å². The molecule has 1 saturated heterocycles. The summed E-state index contributed by atoms with van der Waals surface area (Å²) in [4.78, 5) is 26.4. The minimum atomic E-state index is -0.778. The summed E-state index contributed by atoms with van der Waals surface area (Å²) in [6, 6.07) is 5.25. The third kappa shape index (κ3) is 3.94. The Morgan fingerprint density at radius 3 is 2.70 bits per heavy atom. The van der Waals surface area contributed by atoms with Gasteiger partial charge in [-0.3, -0.25) is 4.79 Å². The first kappa shape index (κ1) is 18.9. The largest absolute Gasteiger partial charge is 0.485 e. The summed E-state index contributed by atoms with van der Waals surface area (Å²) in [5.74, 6) is -0.631. The van der Waals surface area contributed by atoms with E-state index in [9.17, 15) is 14.0 Å². The minimum absolute atomic E-state index is 0.0566. The molecule has 8 heteroatoms. The number of hydrogen-bond acceptors (Lipinski definition) is 6. The van der Waals surface area contributed by atoms with Crippen molar-refractivity contribution in [2.45, 2.75) is 38.8 Å². The number of likely N-dealkylation sites (tertiary alicyclic amines) is 1. The number of benzene rings is 1. The third-order valence-corrected chi connectivity index (χ3v) is 4.70. The van der Waals surface area contributed by atoms with Crippen molar-refractivity contribution in [3.63, 3.8) is 0 Å². The van der Waals surface area contributed by atoms with Crippen LogP contribution in [-0.4, -0.2) is 47.7 Å². The number of ether oxygens (including phenoxy) is 2. The van der Waals surface area contributed by atoms with Gasteiger partial charge >= 0.3 is 5.97 Å². The van der Waals surface area contributed by atoms with Crippen LogP contribution in [0.4, 0.5) is 4.39 Å². The Morgan fingerprint density at radius 2 is 2.07 bits per heavy atom. The zero-order valence-corrected chi connectivity index (χ0v) is 15.4. The molecule has 2 heterocycles. The normalized spacial score (nSPS) is 19.2. The average molecular weight is 376 g/mol. The summed E-state index contributed by atoms with van der Waals surface area (Å²) in [5.41, 5.74) is 1.33. The highest BCUT2D eigenvalue weighted by atomic mass is 19.1. The van der Waals surface area contributed by atoms with Crippen molar-refractivity contribution in [2.24, 2.45) is 0 Å². The van der Waals surface area contributed by atoms with E-state index in [0.717, 1.165) is 0 Å². The van der Waals surface area contributed by atoms with Crippen LogP contribution in [0.1, 0.15) is 23.4 Å². The molecule has 1 aromatic carbocycles. The number of hydrogen-bond donors (Lipinski definition) is 0. The maximum absolute atomic E-state index is 13.8. The van der Waals surface area contributed by atoms with E-state index in [1.807, 2.05) is 0 Å². The Hall–Kier alpha value is -2.90. The minimum Gasteiger partial charge on any atom is -0.485 e. The van der Waals surface area contributed by atoms with E-state index in [-0.39, 0.29) is 31.0 Å². The lowest BCUT2D eigenvalue weighted by atomic mass is 10.1. The molecule has 7 nitrogen and oxygen atoms in total. The predicted octanol–water partition coefficient (Wildman–Crippen LogP) is 2.19. The van der Waals surface area contributed by atoms with Gasteiger partial charge in [0.25, 0.3) is 0 Å². The smallest absolute Gasteiger partial charge is 0.328 e. The number of para-hydroxylation sites is 1. The van der Waals surface area contributed by atoms with Gasteiger partial charge in [0.1, 0.15) is 17.9 Å². The van der Waals surface area contributed by atoms with Gasteiger partial charge in [-0.25, -0.2) is 9.18 Å². The van der Waals surface area contributed by atoms with E-state index >= 15 is 0 Å². The molecule has 0 radical (unpaired) electrons. The number of amides is 1. The fourth-order valence-electron chi connectivity index (χ4n) is 3.24. The molecule has 3 rings (SSSR count). The fourth-order valence-corrected chi connectivity index (χ4v) is 3.24. The van der Waals surface area contributed by atoms with Crippen molar-refractivity contribution in [3.05, 3.63) is 47.1 Å². The summed E-state index contributed by atoms with van der Waals surface area (Å²) in [7, 11) is 1.27. The zero-order chi connectivity index (χ0) is 19.6. The topological polar surface area (TPSA) is 81.9 Å². The first-order valence-electron chi connectivity index (χ1n) is 8.61. The second kappa shape index (κ2) is 7.77. The van der Waals surface area contributed by atoms with E-state index in [1.54, 1.807) is 26.0 Å². The number of carbonyl (C=O) groups excluding carboxylic acids is 2. The Balaban J connectivity index is 1.76. The van der Waals surface area contributed by atoms with Gasteiger partial charge < -0.3 is 18.9 Å². The van der Waals surface area contributed by atoms with Crippen molar-refractivity contribution in [1.82, 2.24) is 10.1 Å². The number of aromatic nitrogens is 1. The Labute approximate surface area is 156 Å². The van der Waals surface area contributed by atoms with Crippen molar-refractivity contribution in [2.75, 3.05) is 13.7 Å². The van der Waals surface area contributed by atoms with Gasteiger partial charge in [-0.1, -0.05) is 17.3 Å². The lowest BCUT2D eigenvalue weighted by molar-refractivity contribution is -0.150. The molecule has 0 spiro atoms. The van der Waals surface area contributed by atoms with Crippen LogP contribution in [0.5, 0.6) is 5.75 Å². The van der Waals surface area contributed by atoms with Crippen LogP contribution < -0.4 is 4.74 Å². The lowest BCUT2D eigenvalue weighted by Gasteiger charge is -2.22. The highest BCUT2D eigenvalue weighted by Crippen LogP contribution is 2.27. The second-order valence-electron chi connectivity index (χ2n) is 6.47. The molecule has 1 aromatic heterocycles. The van der Waals surface area contributed by atoms with Crippen LogP contribution in [-0.2, 0) is 20.7 Å². The Morgan fingerprint density at radius 1 is 1.33 bits per heavy atom. The van der Waals surface area contributed by atoms with Crippen molar-refractivity contribution < 1.29 is 28.0 Å². The first-order valence-corrected chi connectivity index (χ1v) is 8.61. The zero-order valence-electron chi connectivity index (χ0n) is 15.4. The predicted molar refractivity (Wildman–Crippen MR) is 92.6 cm³/mol. The van der Waals surface area contributed by atoms with E-state index in [2.05, 4.69) is 5.16 Å². The van der Waals surface area contributed by atoms with Gasteiger partial charge in [0.2, 0.25) is 5.91 Å². The maximum atomic E-state index is 13.8. The van der Waals surface area contributed by atoms with Gasteiger partial charge in [-0.05, 0) is 26.0 Å². The number of rotatable bonds is 5. The molecule has 1 fully saturated rings. The quantitative estimate of drug-likeness (QED) is 0.744. The van der Waals surface area contributed by atoms with Crippen molar-refractivity contribution in [3.8, 4) is 5.75 Å². The van der Waals surface area contributed by atoms with Gasteiger partial charge in [0, 0.05) is 12.0 Å². The van der Waals surface area contributed by atoms with Crippen LogP contribution in [0, 0.1) is 19.7 Å². The number of methoxy groups -OCH3 is 1. The van der Waals surface area contributed by atoms with Crippen LogP contribution in [0.15, 0.2) is 28.8 Å².